The van der Waals surface area contributed by atoms with Gasteiger partial charge in [0.15, 0.2) is 0 Å². The Balaban J connectivity index is -0.0000000910. The first-order chi connectivity index (χ1) is 3.73. The van der Waals surface area contributed by atoms with Crippen molar-refractivity contribution in [2.45, 2.75) is 0 Å². The Morgan fingerprint density at radius 2 is 1.10 bits per heavy atom. The van der Waals surface area contributed by atoms with Crippen LogP contribution in [-0.2, 0) is 9.03 Å². The predicted octanol–water partition coefficient (Wildman–Crippen LogP) is -3.19. The Morgan fingerprint density at radius 3 is 1.10 bits per heavy atom. The Bertz CT molecular complexity index is 113. The summed E-state index contributed by atoms with van der Waals surface area (Å²) in [6.45, 7) is 0. The van der Waals surface area contributed by atoms with Crippen LogP contribution in [0.1, 0.15) is 0 Å². The summed E-state index contributed by atoms with van der Waals surface area (Å²) < 4.78 is 17.6. The molecule has 0 unspecified atom stereocenters. The van der Waals surface area contributed by atoms with Crippen LogP contribution >= 0.6 is 7.82 Å². The molecule has 0 bridgehead atoms. The van der Waals surface area contributed by atoms with E-state index in [1.54, 1.807) is 0 Å². The molecule has 0 aliphatic heterocycles. The van der Waals surface area contributed by atoms with E-state index in [0.717, 1.165) is 0 Å². The van der Waals surface area contributed by atoms with Gasteiger partial charge in [0.2, 0.25) is 0 Å². The van der Waals surface area contributed by atoms with Crippen LogP contribution in [0.5, 0.6) is 0 Å². The average Bonchev–Trinajstić information content (AvgIpc) is 1.19. The number of hydrogen-bond acceptors (Lipinski definition) is 2. The van der Waals surface area contributed by atoms with Crippen LogP contribution < -0.4 is 0 Å². The van der Waals surface area contributed by atoms with Crippen molar-refractivity contribution < 1.29 is 33.3 Å². The van der Waals surface area contributed by atoms with Crippen LogP contribution in [0, 0.1) is 0 Å². The second-order valence-electron chi connectivity index (χ2n) is 0.796. The van der Waals surface area contributed by atoms with E-state index < -0.39 is 17.0 Å². The van der Waals surface area contributed by atoms with E-state index in [2.05, 4.69) is 0 Å². The van der Waals surface area contributed by atoms with E-state index in [0.29, 0.717) is 0 Å². The van der Waals surface area contributed by atoms with Crippen molar-refractivity contribution in [2.24, 2.45) is 0 Å². The zero-order valence-electron chi connectivity index (χ0n) is 4.00. The summed E-state index contributed by atoms with van der Waals surface area (Å²) in [5, 5.41) is 0. The van der Waals surface area contributed by atoms with Crippen LogP contribution in [-0.4, -0.2) is 52.3 Å². The Kier molecular flexibility index (Phi) is 12.4. The minimum atomic E-state index is -4.64. The fourth-order valence-electron chi connectivity index (χ4n) is 0. The Morgan fingerprint density at radius 1 is 1.10 bits per heavy atom. The molecule has 7 nitrogen and oxygen atoms in total. The van der Waals surface area contributed by atoms with Crippen molar-refractivity contribution in [3.63, 3.8) is 0 Å². The van der Waals surface area contributed by atoms with E-state index in [1.807, 2.05) is 0 Å². The topological polar surface area (TPSA) is 135 Å². The van der Waals surface area contributed by atoms with Gasteiger partial charge in [0, 0.05) is 0 Å². The summed E-state index contributed by atoms with van der Waals surface area (Å²) >= 11 is 0. The molecule has 0 spiro atoms. The van der Waals surface area contributed by atoms with Crippen LogP contribution in [0.25, 0.3) is 0 Å². The average molecular weight is 184 g/mol. The van der Waals surface area contributed by atoms with Crippen molar-refractivity contribution in [3.8, 4) is 0 Å². The van der Waals surface area contributed by atoms with Crippen molar-refractivity contribution in [1.29, 1.82) is 0 Å². The van der Waals surface area contributed by atoms with Gasteiger partial charge in [-0.15, -0.1) is 0 Å². The standard InChI is InChI=1S/Li.H3O4P.H2O3Si.H/c;1-5(2,3)4;1-4(2)3;/h;(H3,1,2,3,4);1-2H;. The zero-order chi connectivity index (χ0) is 8.08. The molecule has 5 N–H and O–H groups in total. The van der Waals surface area contributed by atoms with Gasteiger partial charge >= 0.3 is 35.9 Å². The summed E-state index contributed by atoms with van der Waals surface area (Å²) in [6, 6.07) is 0. The van der Waals surface area contributed by atoms with Gasteiger partial charge in [-0.2, -0.15) is 0 Å². The molecule has 0 aromatic carbocycles. The van der Waals surface area contributed by atoms with E-state index in [9.17, 15) is 0 Å². The zero-order valence-corrected chi connectivity index (χ0v) is 5.89. The molecular formula is H6LiO7PSi. The van der Waals surface area contributed by atoms with Crippen LogP contribution in [0.4, 0.5) is 0 Å². The summed E-state index contributed by atoms with van der Waals surface area (Å²) in [5.41, 5.74) is 0. The SMILES string of the molecule is O=P(O)(O)O.O=[Si](O)O.[LiH]. The summed E-state index contributed by atoms with van der Waals surface area (Å²) in [4.78, 5) is 35.9. The van der Waals surface area contributed by atoms with Crippen molar-refractivity contribution >= 4 is 35.9 Å². The van der Waals surface area contributed by atoms with Crippen molar-refractivity contribution in [1.82, 2.24) is 0 Å². The number of phosphoric acid groups is 1. The fourth-order valence-corrected chi connectivity index (χ4v) is 0. The van der Waals surface area contributed by atoms with Crippen LogP contribution in [0.2, 0.25) is 0 Å². The maximum absolute atomic E-state index is 8.88. The molecule has 0 saturated carbocycles. The number of hydrogen-bond donors (Lipinski definition) is 5. The van der Waals surface area contributed by atoms with Crippen molar-refractivity contribution in [2.75, 3.05) is 0 Å². The maximum atomic E-state index is 8.88. The third-order valence-electron chi connectivity index (χ3n) is 0. The van der Waals surface area contributed by atoms with Gasteiger partial charge in [-0.25, -0.2) is 4.57 Å². The van der Waals surface area contributed by atoms with Gasteiger partial charge in [-0.1, -0.05) is 0 Å². The molecule has 0 atom stereocenters. The summed E-state index contributed by atoms with van der Waals surface area (Å²) in [7, 11) is -7.77. The molecule has 0 heterocycles. The van der Waals surface area contributed by atoms with Gasteiger partial charge in [0.25, 0.3) is 0 Å². The molecule has 0 aliphatic rings. The second-order valence-corrected chi connectivity index (χ2v) is 2.39. The molecule has 10 heavy (non-hydrogen) atoms. The van der Waals surface area contributed by atoms with Gasteiger partial charge in [0.1, 0.15) is 0 Å². The van der Waals surface area contributed by atoms with E-state index >= 15 is 0 Å². The monoisotopic (exact) mass is 184 g/mol. The third kappa shape index (κ3) is 4250. The first-order valence-electron chi connectivity index (χ1n) is 1.43. The quantitative estimate of drug-likeness (QED) is 0.197. The van der Waals surface area contributed by atoms with E-state index in [4.69, 9.17) is 33.3 Å². The van der Waals surface area contributed by atoms with Gasteiger partial charge in [-0.3, -0.25) is 4.46 Å². The molecular weight excluding hydrogens is 178 g/mol. The molecule has 0 aromatic heterocycles. The van der Waals surface area contributed by atoms with Gasteiger partial charge < -0.3 is 24.3 Å². The fraction of sp³-hybridized carbons (Fsp3) is 0. The molecule has 0 saturated heterocycles. The molecule has 0 aromatic rings. The van der Waals surface area contributed by atoms with E-state index in [1.165, 1.54) is 0 Å². The van der Waals surface area contributed by atoms with Crippen LogP contribution in [0.3, 0.4) is 0 Å². The minimum absolute atomic E-state index is 0. The van der Waals surface area contributed by atoms with E-state index in [-0.39, 0.29) is 18.9 Å². The Labute approximate surface area is 69.6 Å². The molecule has 10 heteroatoms. The number of rotatable bonds is 0. The molecule has 0 fully saturated rings. The molecule has 0 aliphatic carbocycles. The second kappa shape index (κ2) is 7.43. The first-order valence-corrected chi connectivity index (χ1v) is 4.30. The molecule has 58 valence electrons. The Hall–Kier alpha value is 0.324. The molecule has 0 amide bonds. The van der Waals surface area contributed by atoms with Gasteiger partial charge in [-0.05, 0) is 0 Å². The summed E-state index contributed by atoms with van der Waals surface area (Å²) in [6.07, 6.45) is 0. The van der Waals surface area contributed by atoms with Crippen LogP contribution in [0.15, 0.2) is 0 Å². The molecule has 0 rings (SSSR count). The van der Waals surface area contributed by atoms with Crippen molar-refractivity contribution in [3.05, 3.63) is 0 Å². The molecule has 0 radical (unpaired) electrons. The third-order valence-corrected chi connectivity index (χ3v) is 0. The first kappa shape index (κ1) is 16.7. The van der Waals surface area contributed by atoms with Gasteiger partial charge in [0.05, 0.1) is 0 Å². The normalized spacial score (nSPS) is 8.30. The predicted molar refractivity (Wildman–Crippen MR) is 32.3 cm³/mol. The summed E-state index contributed by atoms with van der Waals surface area (Å²) in [5.74, 6) is 0.